The molecule has 4 rings (SSSR count). The van der Waals surface area contributed by atoms with Crippen molar-refractivity contribution >= 4 is 17.4 Å². The minimum Gasteiger partial charge on any atom is -0.393 e. The van der Waals surface area contributed by atoms with Crippen molar-refractivity contribution in [2.75, 3.05) is 5.73 Å². The number of anilines is 1. The molecule has 3 aliphatic rings. The van der Waals surface area contributed by atoms with Gasteiger partial charge in [0.15, 0.2) is 11.0 Å². The van der Waals surface area contributed by atoms with Crippen LogP contribution in [0.5, 0.6) is 0 Å². The van der Waals surface area contributed by atoms with Crippen molar-refractivity contribution in [1.29, 1.82) is 0 Å². The first-order valence-electron chi connectivity index (χ1n) is 7.21. The van der Waals surface area contributed by atoms with Crippen molar-refractivity contribution in [3.8, 4) is 0 Å². The molecule has 0 aromatic carbocycles. The van der Waals surface area contributed by atoms with Gasteiger partial charge in [-0.2, -0.15) is 0 Å². The van der Waals surface area contributed by atoms with Crippen molar-refractivity contribution in [2.45, 2.75) is 63.3 Å². The topological polar surface area (TPSA) is 81.3 Å². The number of hydrogen-bond donors (Lipinski definition) is 2. The van der Waals surface area contributed by atoms with E-state index in [1.165, 1.54) is 12.8 Å². The summed E-state index contributed by atoms with van der Waals surface area (Å²) >= 11 is 5.98. The Balaban J connectivity index is 0.000000170. The first-order chi connectivity index (χ1) is 9.60. The van der Waals surface area contributed by atoms with Crippen LogP contribution >= 0.6 is 11.6 Å². The Morgan fingerprint density at radius 2 is 1.90 bits per heavy atom. The number of rotatable bonds is 0. The van der Waals surface area contributed by atoms with Crippen molar-refractivity contribution < 1.29 is 9.84 Å². The van der Waals surface area contributed by atoms with E-state index < -0.39 is 0 Å². The zero-order valence-electron chi connectivity index (χ0n) is 11.4. The van der Waals surface area contributed by atoms with E-state index in [2.05, 4.69) is 10.2 Å². The summed E-state index contributed by atoms with van der Waals surface area (Å²) in [5, 5.41) is 16.8. The monoisotopic (exact) mass is 297 g/mol. The first-order valence-corrected chi connectivity index (χ1v) is 7.59. The quantitative estimate of drug-likeness (QED) is 0.767. The molecule has 3 N–H and O–H groups in total. The predicted octanol–water partition coefficient (Wildman–Crippen LogP) is 2.24. The Labute approximate surface area is 123 Å². The maximum absolute atomic E-state index is 8.73. The molecule has 2 saturated carbocycles. The van der Waals surface area contributed by atoms with Crippen LogP contribution in [0.25, 0.3) is 0 Å². The molecule has 0 saturated heterocycles. The smallest absolute Gasteiger partial charge is 0.155 e. The van der Waals surface area contributed by atoms with Crippen molar-refractivity contribution in [3.05, 3.63) is 16.3 Å². The third-order valence-corrected chi connectivity index (χ3v) is 4.63. The van der Waals surface area contributed by atoms with Crippen LogP contribution in [0.3, 0.4) is 0 Å². The molecule has 1 aromatic heterocycles. The van der Waals surface area contributed by atoms with E-state index in [4.69, 9.17) is 27.2 Å². The van der Waals surface area contributed by atoms with E-state index in [0.717, 1.165) is 43.2 Å². The number of nitrogen functional groups attached to an aromatic ring is 1. The van der Waals surface area contributed by atoms with Crippen LogP contribution in [0.2, 0.25) is 5.15 Å². The fourth-order valence-corrected chi connectivity index (χ4v) is 3.02. The van der Waals surface area contributed by atoms with Gasteiger partial charge in [-0.25, -0.2) is 0 Å². The summed E-state index contributed by atoms with van der Waals surface area (Å²) in [5.74, 6) is 0.444. The largest absolute Gasteiger partial charge is 0.393 e. The van der Waals surface area contributed by atoms with Gasteiger partial charge in [0.05, 0.1) is 18.3 Å². The average Bonchev–Trinajstić information content (AvgIpc) is 3.00. The molecule has 2 heterocycles. The Bertz CT molecular complexity index is 499. The zero-order valence-corrected chi connectivity index (χ0v) is 12.2. The van der Waals surface area contributed by atoms with Gasteiger partial charge >= 0.3 is 0 Å². The maximum Gasteiger partial charge on any atom is 0.155 e. The second kappa shape index (κ2) is 5.47. The second-order valence-electron chi connectivity index (χ2n) is 5.92. The Hall–Kier alpha value is -0.910. The maximum atomic E-state index is 8.73. The van der Waals surface area contributed by atoms with Gasteiger partial charge < -0.3 is 15.6 Å². The summed E-state index contributed by atoms with van der Waals surface area (Å²) in [6, 6.07) is 0. The molecule has 0 unspecified atom stereocenters. The van der Waals surface area contributed by atoms with Crippen LogP contribution in [0.15, 0.2) is 0 Å². The molecule has 0 atom stereocenters. The molecule has 20 heavy (non-hydrogen) atoms. The number of aliphatic hydroxyl groups is 1. The second-order valence-corrected chi connectivity index (χ2v) is 6.28. The first kappa shape index (κ1) is 14.0. The van der Waals surface area contributed by atoms with Gasteiger partial charge in [-0.3, -0.25) is 0 Å². The Kier molecular flexibility index (Phi) is 3.84. The minimum atomic E-state index is 0.0463. The van der Waals surface area contributed by atoms with Crippen molar-refractivity contribution in [3.63, 3.8) is 0 Å². The molecule has 0 bridgehead atoms. The van der Waals surface area contributed by atoms with E-state index in [0.29, 0.717) is 17.6 Å². The van der Waals surface area contributed by atoms with Crippen LogP contribution in [0, 0.1) is 0 Å². The number of fused-ring (bicyclic) bond motifs is 1. The van der Waals surface area contributed by atoms with Gasteiger partial charge in [-0.15, -0.1) is 10.2 Å². The van der Waals surface area contributed by atoms with Gasteiger partial charge in [0, 0.05) is 17.5 Å². The molecule has 5 nitrogen and oxygen atoms in total. The van der Waals surface area contributed by atoms with E-state index in [1.807, 2.05) is 0 Å². The molecule has 0 radical (unpaired) electrons. The van der Waals surface area contributed by atoms with Gasteiger partial charge in [-0.05, 0) is 25.7 Å². The number of halogens is 1. The highest BCUT2D eigenvalue weighted by atomic mass is 35.5. The number of nitrogens with two attached hydrogens (primary N) is 1. The Morgan fingerprint density at radius 3 is 2.45 bits per heavy atom. The lowest BCUT2D eigenvalue weighted by molar-refractivity contribution is 0.00822. The normalized spacial score (nSPS) is 23.1. The molecular weight excluding hydrogens is 278 g/mol. The molecule has 2 fully saturated rings. The van der Waals surface area contributed by atoms with Crippen molar-refractivity contribution in [1.82, 2.24) is 10.2 Å². The van der Waals surface area contributed by atoms with Crippen LogP contribution in [0.4, 0.5) is 5.82 Å². The highest BCUT2D eigenvalue weighted by molar-refractivity contribution is 6.30. The highest BCUT2D eigenvalue weighted by Gasteiger charge is 2.47. The van der Waals surface area contributed by atoms with Gasteiger partial charge in [0.1, 0.15) is 0 Å². The summed E-state index contributed by atoms with van der Waals surface area (Å²) in [5.41, 5.74) is 7.70. The molecule has 110 valence electrons. The lowest BCUT2D eigenvalue weighted by atomic mass is 10.0. The van der Waals surface area contributed by atoms with Crippen LogP contribution in [-0.4, -0.2) is 27.0 Å². The van der Waals surface area contributed by atoms with Gasteiger partial charge in [-0.1, -0.05) is 24.4 Å². The van der Waals surface area contributed by atoms with Gasteiger partial charge in [0.25, 0.3) is 0 Å². The molecular formula is C14H20ClN3O2. The third kappa shape index (κ3) is 2.90. The summed E-state index contributed by atoms with van der Waals surface area (Å²) in [7, 11) is 0. The third-order valence-electron chi connectivity index (χ3n) is 4.32. The summed E-state index contributed by atoms with van der Waals surface area (Å²) < 4.78 is 5.73. The summed E-state index contributed by atoms with van der Waals surface area (Å²) in [4.78, 5) is 0. The summed E-state index contributed by atoms with van der Waals surface area (Å²) in [6.45, 7) is 0.524. The van der Waals surface area contributed by atoms with E-state index in [9.17, 15) is 0 Å². The van der Waals surface area contributed by atoms with E-state index in [-0.39, 0.29) is 11.7 Å². The van der Waals surface area contributed by atoms with E-state index in [1.54, 1.807) is 0 Å². The predicted molar refractivity (Wildman–Crippen MR) is 76.4 cm³/mol. The average molecular weight is 298 g/mol. The molecule has 1 aromatic rings. The van der Waals surface area contributed by atoms with E-state index >= 15 is 0 Å². The number of aliphatic hydroxyl groups excluding tert-OH is 1. The Morgan fingerprint density at radius 1 is 1.20 bits per heavy atom. The molecule has 6 heteroatoms. The fourth-order valence-electron chi connectivity index (χ4n) is 2.80. The minimum absolute atomic E-state index is 0.0463. The number of aromatic nitrogens is 2. The lowest BCUT2D eigenvalue weighted by Crippen LogP contribution is -2.25. The standard InChI is InChI=1S/C9H10ClN3O.C5H10O/c10-7-5-3-9(1-2-9)14-4-6(5)8(11)13-12-7;6-5-3-1-2-4-5/h1-4H2,(H2,11,13);5-6H,1-4H2. The number of hydrogen-bond acceptors (Lipinski definition) is 5. The zero-order chi connectivity index (χ0) is 14.2. The number of ether oxygens (including phenoxy) is 1. The van der Waals surface area contributed by atoms with Crippen LogP contribution < -0.4 is 5.73 Å². The molecule has 2 aliphatic carbocycles. The fraction of sp³-hybridized carbons (Fsp3) is 0.714. The SMILES string of the molecule is Nc1nnc(Cl)c2c1COC1(CC1)C2.OC1CCCC1. The highest BCUT2D eigenvalue weighted by Crippen LogP contribution is 2.47. The van der Waals surface area contributed by atoms with Crippen LogP contribution in [0.1, 0.15) is 49.7 Å². The molecule has 0 amide bonds. The number of nitrogens with zero attached hydrogens (tertiary/aromatic N) is 2. The molecule has 1 spiro atoms. The van der Waals surface area contributed by atoms with Crippen molar-refractivity contribution in [2.24, 2.45) is 0 Å². The van der Waals surface area contributed by atoms with Crippen LogP contribution in [-0.2, 0) is 17.8 Å². The molecule has 1 aliphatic heterocycles. The lowest BCUT2D eigenvalue weighted by Gasteiger charge is -2.25. The summed E-state index contributed by atoms with van der Waals surface area (Å²) in [6.07, 6.45) is 7.67. The van der Waals surface area contributed by atoms with Gasteiger partial charge in [0.2, 0.25) is 0 Å².